The lowest BCUT2D eigenvalue weighted by Gasteiger charge is -2.55. The maximum atomic E-state index is 14.0. The van der Waals surface area contributed by atoms with Crippen LogP contribution in [0.1, 0.15) is 27.8 Å². The molecule has 0 radical (unpaired) electrons. The van der Waals surface area contributed by atoms with Gasteiger partial charge in [-0.3, -0.25) is 19.7 Å². The molecular weight excluding hydrogens is 552 g/mol. The van der Waals surface area contributed by atoms with E-state index in [1.165, 1.54) is 6.07 Å². The van der Waals surface area contributed by atoms with Gasteiger partial charge in [0.1, 0.15) is 0 Å². The minimum Gasteiger partial charge on any atom is -0.274 e. The average Bonchev–Trinajstić information content (AvgIpc) is 3.09. The Hall–Kier alpha value is -2.84. The molecule has 2 amide bonds. The van der Waals surface area contributed by atoms with Crippen LogP contribution in [-0.2, 0) is 18.2 Å². The summed E-state index contributed by atoms with van der Waals surface area (Å²) in [5, 5.41) is 11.5. The monoisotopic (exact) mass is 566 g/mol. The van der Waals surface area contributed by atoms with E-state index in [2.05, 4.69) is 31.9 Å². The summed E-state index contributed by atoms with van der Waals surface area (Å²) in [5.74, 6) is -2.16. The fourth-order valence-corrected chi connectivity index (χ4v) is 8.16. The summed E-state index contributed by atoms with van der Waals surface area (Å²) >= 11 is 7.90. The molecule has 0 N–H and O–H groups in total. The van der Waals surface area contributed by atoms with Crippen LogP contribution < -0.4 is 4.90 Å². The number of hydrogen-bond acceptors (Lipinski definition) is 4. The number of alkyl halides is 2. The van der Waals surface area contributed by atoms with Gasteiger partial charge in [0.05, 0.1) is 31.1 Å². The summed E-state index contributed by atoms with van der Waals surface area (Å²) in [4.78, 5) is 40.1. The summed E-state index contributed by atoms with van der Waals surface area (Å²) in [6, 6.07) is 20.2. The van der Waals surface area contributed by atoms with Crippen molar-refractivity contribution in [2.75, 3.05) is 4.90 Å². The number of carbonyl (C=O) groups is 2. The number of benzene rings is 3. The van der Waals surface area contributed by atoms with E-state index >= 15 is 0 Å². The van der Waals surface area contributed by atoms with Gasteiger partial charge in [0.15, 0.2) is 0 Å². The molecule has 0 spiro atoms. The van der Waals surface area contributed by atoms with E-state index in [0.29, 0.717) is 5.56 Å². The van der Waals surface area contributed by atoms with Crippen molar-refractivity contribution in [3.05, 3.63) is 105 Å². The molecule has 2 atom stereocenters. The summed E-state index contributed by atoms with van der Waals surface area (Å²) in [5.41, 5.74) is 4.34. The SMILES string of the molecule is Cc1ccc(N2C(=O)[C@@H]3[C@@H](C2=O)C2(Br)c4ccccc4C3(Br)c3ccccc32)cc1[N+](=O)[O-]. The number of halogens is 2. The molecule has 0 aromatic heterocycles. The van der Waals surface area contributed by atoms with E-state index in [1.54, 1.807) is 19.1 Å². The van der Waals surface area contributed by atoms with Gasteiger partial charge in [-0.15, -0.1) is 0 Å². The number of hydrogen-bond donors (Lipinski definition) is 0. The molecule has 1 saturated heterocycles. The lowest BCUT2D eigenvalue weighted by Crippen LogP contribution is -2.56. The number of rotatable bonds is 2. The maximum absolute atomic E-state index is 14.0. The Morgan fingerprint density at radius 2 is 1.24 bits per heavy atom. The van der Waals surface area contributed by atoms with Crippen LogP contribution in [0.2, 0.25) is 0 Å². The maximum Gasteiger partial charge on any atom is 0.274 e. The van der Waals surface area contributed by atoms with Crippen LogP contribution in [0.25, 0.3) is 0 Å². The zero-order chi connectivity index (χ0) is 23.3. The van der Waals surface area contributed by atoms with Crippen molar-refractivity contribution in [1.82, 2.24) is 0 Å². The third kappa shape index (κ3) is 2.33. The van der Waals surface area contributed by atoms with E-state index in [0.717, 1.165) is 27.2 Å². The summed E-state index contributed by atoms with van der Waals surface area (Å²) < 4.78 is -1.78. The van der Waals surface area contributed by atoms with Crippen LogP contribution in [-0.4, -0.2) is 16.7 Å². The van der Waals surface area contributed by atoms with Crippen LogP contribution in [0.3, 0.4) is 0 Å². The van der Waals surface area contributed by atoms with E-state index in [9.17, 15) is 19.7 Å². The zero-order valence-electron chi connectivity index (χ0n) is 17.3. The molecule has 164 valence electrons. The highest BCUT2D eigenvalue weighted by molar-refractivity contribution is 9.10. The van der Waals surface area contributed by atoms with Crippen LogP contribution in [0, 0.1) is 28.9 Å². The number of anilines is 1. The van der Waals surface area contributed by atoms with Gasteiger partial charge >= 0.3 is 0 Å². The Kier molecular flexibility index (Phi) is 4.15. The third-order valence-electron chi connectivity index (χ3n) is 7.23. The topological polar surface area (TPSA) is 80.5 Å². The highest BCUT2D eigenvalue weighted by Crippen LogP contribution is 2.70. The Balaban J connectivity index is 1.62. The quantitative estimate of drug-likeness (QED) is 0.182. The Bertz CT molecular complexity index is 1300. The molecule has 1 heterocycles. The molecule has 1 fully saturated rings. The van der Waals surface area contributed by atoms with Gasteiger partial charge in [0.2, 0.25) is 11.8 Å². The highest BCUT2D eigenvalue weighted by atomic mass is 79.9. The van der Waals surface area contributed by atoms with Gasteiger partial charge in [0.25, 0.3) is 5.69 Å². The molecule has 2 bridgehead atoms. The highest BCUT2D eigenvalue weighted by Gasteiger charge is 2.72. The smallest absolute Gasteiger partial charge is 0.274 e. The first kappa shape index (κ1) is 20.7. The minimum absolute atomic E-state index is 0.125. The van der Waals surface area contributed by atoms with Gasteiger partial charge in [-0.25, -0.2) is 4.90 Å². The molecule has 8 heteroatoms. The molecule has 6 nitrogen and oxygen atoms in total. The van der Waals surface area contributed by atoms with Crippen molar-refractivity contribution in [2.45, 2.75) is 15.6 Å². The molecule has 3 aromatic carbocycles. The number of imide groups is 1. The van der Waals surface area contributed by atoms with E-state index in [4.69, 9.17) is 0 Å². The van der Waals surface area contributed by atoms with Crippen molar-refractivity contribution in [3.63, 3.8) is 0 Å². The number of amides is 2. The van der Waals surface area contributed by atoms with Crippen molar-refractivity contribution in [3.8, 4) is 0 Å². The first-order valence-corrected chi connectivity index (χ1v) is 12.0. The third-order valence-corrected chi connectivity index (χ3v) is 9.93. The summed E-state index contributed by atoms with van der Waals surface area (Å²) in [7, 11) is 0. The van der Waals surface area contributed by atoms with Crippen LogP contribution in [0.4, 0.5) is 11.4 Å². The Morgan fingerprint density at radius 3 is 1.64 bits per heavy atom. The zero-order valence-corrected chi connectivity index (χ0v) is 20.5. The number of nitro groups is 1. The summed E-state index contributed by atoms with van der Waals surface area (Å²) in [6.45, 7) is 1.63. The van der Waals surface area contributed by atoms with Gasteiger partial charge in [-0.1, -0.05) is 86.5 Å². The lowest BCUT2D eigenvalue weighted by atomic mass is 9.54. The Labute approximate surface area is 206 Å². The molecule has 0 unspecified atom stereocenters. The van der Waals surface area contributed by atoms with E-state index < -0.39 is 25.4 Å². The van der Waals surface area contributed by atoms with Crippen LogP contribution in [0.5, 0.6) is 0 Å². The number of nitrogens with zero attached hydrogens (tertiary/aromatic N) is 2. The second kappa shape index (κ2) is 6.61. The van der Waals surface area contributed by atoms with Crippen molar-refractivity contribution >= 4 is 55.0 Å². The van der Waals surface area contributed by atoms with Gasteiger partial charge in [-0.05, 0) is 35.2 Å². The normalized spacial score (nSPS) is 29.0. The molecule has 33 heavy (non-hydrogen) atoms. The van der Waals surface area contributed by atoms with E-state index in [1.807, 2.05) is 48.5 Å². The minimum atomic E-state index is -0.890. The molecule has 3 aliphatic carbocycles. The molecular formula is C25H16Br2N2O4. The number of carbonyl (C=O) groups excluding carboxylic acids is 2. The second-order valence-electron chi connectivity index (χ2n) is 8.71. The van der Waals surface area contributed by atoms with Crippen LogP contribution >= 0.6 is 31.9 Å². The van der Waals surface area contributed by atoms with Gasteiger partial charge in [0, 0.05) is 11.6 Å². The van der Waals surface area contributed by atoms with Crippen molar-refractivity contribution in [1.29, 1.82) is 0 Å². The largest absolute Gasteiger partial charge is 0.274 e. The van der Waals surface area contributed by atoms with Gasteiger partial charge in [-0.2, -0.15) is 0 Å². The fourth-order valence-electron chi connectivity index (χ4n) is 5.86. The Morgan fingerprint density at radius 1 is 0.818 bits per heavy atom. The van der Waals surface area contributed by atoms with Crippen molar-refractivity contribution in [2.24, 2.45) is 11.8 Å². The second-order valence-corrected chi connectivity index (χ2v) is 11.2. The first-order chi connectivity index (χ1) is 15.7. The average molecular weight is 568 g/mol. The van der Waals surface area contributed by atoms with Crippen LogP contribution in [0.15, 0.2) is 66.7 Å². The first-order valence-electron chi connectivity index (χ1n) is 10.4. The fraction of sp³-hybridized carbons (Fsp3) is 0.200. The van der Waals surface area contributed by atoms with E-state index in [-0.39, 0.29) is 23.2 Å². The predicted molar refractivity (Wildman–Crippen MR) is 130 cm³/mol. The standard InChI is InChI=1S/C25H16Br2N2O4/c1-13-10-11-14(12-19(13)29(32)33)28-22(30)20-21(23(28)31)25(27)16-7-3-2-6-15(16)24(20,26)17-8-4-5-9-18(17)25/h2-12,20-21H,1H3/t20-,21-,24?,25?/m0/s1. The predicted octanol–water partition coefficient (Wildman–Crippen LogP) is 5.31. The molecule has 1 aliphatic heterocycles. The molecule has 3 aromatic rings. The summed E-state index contributed by atoms with van der Waals surface area (Å²) in [6.07, 6.45) is 0. The van der Waals surface area contributed by atoms with Crippen molar-refractivity contribution < 1.29 is 14.5 Å². The molecule has 4 aliphatic rings. The van der Waals surface area contributed by atoms with Gasteiger partial charge < -0.3 is 0 Å². The number of aryl methyl sites for hydroxylation is 1. The number of nitro benzene ring substituents is 1. The molecule has 0 saturated carbocycles. The lowest BCUT2D eigenvalue weighted by molar-refractivity contribution is -0.385. The molecule has 7 rings (SSSR count).